The second-order valence-electron chi connectivity index (χ2n) is 7.65. The first-order chi connectivity index (χ1) is 14.2. The van der Waals surface area contributed by atoms with Crippen molar-refractivity contribution >= 4 is 22.9 Å². The maximum atomic E-state index is 12.7. The predicted molar refractivity (Wildman–Crippen MR) is 120 cm³/mol. The molecule has 0 unspecified atom stereocenters. The normalized spacial score (nSPS) is 14.0. The molecule has 1 fully saturated rings. The third-order valence-corrected chi connectivity index (χ3v) is 6.35. The Morgan fingerprint density at radius 1 is 1.03 bits per heavy atom. The summed E-state index contributed by atoms with van der Waals surface area (Å²) in [6.45, 7) is 2.92. The van der Waals surface area contributed by atoms with Gasteiger partial charge in [-0.05, 0) is 37.0 Å². The van der Waals surface area contributed by atoms with Crippen molar-refractivity contribution in [3.05, 3.63) is 71.2 Å². The minimum atomic E-state index is 0.0926. The van der Waals surface area contributed by atoms with E-state index in [0.29, 0.717) is 13.0 Å². The van der Waals surface area contributed by atoms with E-state index < -0.39 is 0 Å². The monoisotopic (exact) mass is 405 g/mol. The van der Waals surface area contributed by atoms with Gasteiger partial charge in [0.2, 0.25) is 5.91 Å². The Labute approximate surface area is 176 Å². The Kier molecular flexibility index (Phi) is 6.25. The maximum Gasteiger partial charge on any atom is 0.228 e. The van der Waals surface area contributed by atoms with Gasteiger partial charge in [-0.1, -0.05) is 42.5 Å². The molecule has 2 heterocycles. The van der Waals surface area contributed by atoms with Crippen molar-refractivity contribution in [1.82, 2.24) is 9.88 Å². The van der Waals surface area contributed by atoms with Crippen molar-refractivity contribution in [2.75, 3.05) is 25.0 Å². The molecule has 2 aromatic carbocycles. The van der Waals surface area contributed by atoms with Crippen LogP contribution in [0.25, 0.3) is 10.6 Å². The number of carbonyl (C=O) groups is 1. The van der Waals surface area contributed by atoms with Crippen LogP contribution in [-0.2, 0) is 17.8 Å². The van der Waals surface area contributed by atoms with Crippen molar-refractivity contribution in [1.29, 1.82) is 0 Å². The molecule has 4 rings (SSSR count). The standard InChI is InChI=1S/C24H27N3OS/c1-26(17-19-10-12-22(13-11-19)27-14-6-3-7-15-27)23(28)16-21-18-29-24(25-21)20-8-4-2-5-9-20/h2,4-5,8-13,18H,3,6-7,14-17H2,1H3. The lowest BCUT2D eigenvalue weighted by Crippen LogP contribution is -2.29. The third-order valence-electron chi connectivity index (χ3n) is 5.41. The van der Waals surface area contributed by atoms with Gasteiger partial charge in [-0.3, -0.25) is 4.79 Å². The summed E-state index contributed by atoms with van der Waals surface area (Å²) in [6, 6.07) is 18.8. The second kappa shape index (κ2) is 9.23. The highest BCUT2D eigenvalue weighted by Gasteiger charge is 2.14. The van der Waals surface area contributed by atoms with E-state index in [1.54, 1.807) is 16.2 Å². The smallest absolute Gasteiger partial charge is 0.228 e. The van der Waals surface area contributed by atoms with E-state index in [2.05, 4.69) is 34.1 Å². The van der Waals surface area contributed by atoms with E-state index >= 15 is 0 Å². The van der Waals surface area contributed by atoms with Gasteiger partial charge in [-0.25, -0.2) is 4.98 Å². The van der Waals surface area contributed by atoms with E-state index in [9.17, 15) is 4.79 Å². The first-order valence-corrected chi connectivity index (χ1v) is 11.1. The van der Waals surface area contributed by atoms with Gasteiger partial charge in [0.05, 0.1) is 12.1 Å². The van der Waals surface area contributed by atoms with Crippen LogP contribution in [0.4, 0.5) is 5.69 Å². The Bertz CT molecular complexity index is 930. The molecule has 1 aliphatic heterocycles. The molecule has 4 nitrogen and oxygen atoms in total. The Balaban J connectivity index is 1.33. The second-order valence-corrected chi connectivity index (χ2v) is 8.51. The highest BCUT2D eigenvalue weighted by molar-refractivity contribution is 7.13. The molecule has 3 aromatic rings. The summed E-state index contributed by atoms with van der Waals surface area (Å²) < 4.78 is 0. The average Bonchev–Trinajstić information content (AvgIpc) is 3.24. The number of anilines is 1. The van der Waals surface area contributed by atoms with Gasteiger partial charge in [0.25, 0.3) is 0 Å². The number of nitrogens with zero attached hydrogens (tertiary/aromatic N) is 3. The van der Waals surface area contributed by atoms with Gasteiger partial charge in [-0.2, -0.15) is 0 Å². The SMILES string of the molecule is CN(Cc1ccc(N2CCCCC2)cc1)C(=O)Cc1csc(-c2ccccc2)n1. The zero-order valence-corrected chi connectivity index (χ0v) is 17.7. The molecular weight excluding hydrogens is 378 g/mol. The lowest BCUT2D eigenvalue weighted by molar-refractivity contribution is -0.129. The minimum Gasteiger partial charge on any atom is -0.372 e. The van der Waals surface area contributed by atoms with Gasteiger partial charge in [0, 0.05) is 43.3 Å². The predicted octanol–water partition coefficient (Wildman–Crippen LogP) is 5.00. The Morgan fingerprint density at radius 3 is 2.48 bits per heavy atom. The van der Waals surface area contributed by atoms with Gasteiger partial charge < -0.3 is 9.80 Å². The molecule has 0 N–H and O–H groups in total. The van der Waals surface area contributed by atoms with Gasteiger partial charge in [0.15, 0.2) is 0 Å². The summed E-state index contributed by atoms with van der Waals surface area (Å²) in [5.41, 5.74) is 4.38. The number of benzene rings is 2. The van der Waals surface area contributed by atoms with E-state index in [0.717, 1.165) is 34.9 Å². The van der Waals surface area contributed by atoms with Crippen LogP contribution in [0.1, 0.15) is 30.5 Å². The molecule has 0 aliphatic carbocycles. The fourth-order valence-electron chi connectivity index (χ4n) is 3.72. The molecule has 0 atom stereocenters. The maximum absolute atomic E-state index is 12.7. The number of likely N-dealkylation sites (N-methyl/N-ethyl adjacent to an activating group) is 1. The number of hydrogen-bond acceptors (Lipinski definition) is 4. The zero-order chi connectivity index (χ0) is 20.1. The number of piperidine rings is 1. The van der Waals surface area contributed by atoms with Gasteiger partial charge in [0.1, 0.15) is 5.01 Å². The number of hydrogen-bond donors (Lipinski definition) is 0. The van der Waals surface area contributed by atoms with Crippen LogP contribution in [-0.4, -0.2) is 35.9 Å². The number of aromatic nitrogens is 1. The third kappa shape index (κ3) is 5.04. The summed E-state index contributed by atoms with van der Waals surface area (Å²) in [5, 5.41) is 2.95. The van der Waals surface area contributed by atoms with Crippen molar-refractivity contribution in [2.45, 2.75) is 32.2 Å². The van der Waals surface area contributed by atoms with Crippen molar-refractivity contribution in [3.8, 4) is 10.6 Å². The van der Waals surface area contributed by atoms with Crippen molar-refractivity contribution in [3.63, 3.8) is 0 Å². The van der Waals surface area contributed by atoms with Crippen LogP contribution in [0.3, 0.4) is 0 Å². The van der Waals surface area contributed by atoms with Crippen LogP contribution in [0.5, 0.6) is 0 Å². The zero-order valence-electron chi connectivity index (χ0n) is 16.9. The number of thiazole rings is 1. The molecule has 29 heavy (non-hydrogen) atoms. The molecule has 1 aliphatic rings. The number of amides is 1. The minimum absolute atomic E-state index is 0.0926. The number of carbonyl (C=O) groups excluding carboxylic acids is 1. The quantitative estimate of drug-likeness (QED) is 0.579. The Morgan fingerprint density at radius 2 is 1.76 bits per heavy atom. The molecule has 0 radical (unpaired) electrons. The van der Waals surface area contributed by atoms with E-state index in [1.165, 1.54) is 24.9 Å². The molecular formula is C24H27N3OS. The molecule has 0 spiro atoms. The summed E-state index contributed by atoms with van der Waals surface area (Å²) in [5.74, 6) is 0.0926. The lowest BCUT2D eigenvalue weighted by Gasteiger charge is -2.29. The van der Waals surface area contributed by atoms with Crippen molar-refractivity contribution < 1.29 is 4.79 Å². The Hall–Kier alpha value is -2.66. The van der Waals surface area contributed by atoms with Crippen LogP contribution >= 0.6 is 11.3 Å². The van der Waals surface area contributed by atoms with E-state index in [-0.39, 0.29) is 5.91 Å². The average molecular weight is 406 g/mol. The summed E-state index contributed by atoms with van der Waals surface area (Å²) in [4.78, 5) is 21.5. The topological polar surface area (TPSA) is 36.4 Å². The van der Waals surface area contributed by atoms with Crippen LogP contribution in [0.2, 0.25) is 0 Å². The summed E-state index contributed by atoms with van der Waals surface area (Å²) in [7, 11) is 1.87. The molecule has 5 heteroatoms. The fourth-order valence-corrected chi connectivity index (χ4v) is 4.54. The molecule has 1 saturated heterocycles. The lowest BCUT2D eigenvalue weighted by atomic mass is 10.1. The van der Waals surface area contributed by atoms with Gasteiger partial charge in [-0.15, -0.1) is 11.3 Å². The number of rotatable bonds is 6. The van der Waals surface area contributed by atoms with Gasteiger partial charge >= 0.3 is 0 Å². The van der Waals surface area contributed by atoms with E-state index in [4.69, 9.17) is 0 Å². The van der Waals surface area contributed by atoms with Crippen LogP contribution in [0.15, 0.2) is 60.0 Å². The van der Waals surface area contributed by atoms with Crippen molar-refractivity contribution in [2.24, 2.45) is 0 Å². The highest BCUT2D eigenvalue weighted by atomic mass is 32.1. The van der Waals surface area contributed by atoms with Crippen LogP contribution in [0, 0.1) is 0 Å². The van der Waals surface area contributed by atoms with E-state index in [1.807, 2.05) is 42.8 Å². The largest absolute Gasteiger partial charge is 0.372 e. The molecule has 0 saturated carbocycles. The summed E-state index contributed by atoms with van der Waals surface area (Å²) >= 11 is 1.59. The van der Waals surface area contributed by atoms with Crippen LogP contribution < -0.4 is 4.90 Å². The summed E-state index contributed by atoms with van der Waals surface area (Å²) in [6.07, 6.45) is 4.24. The first kappa shape index (κ1) is 19.6. The molecule has 150 valence electrons. The fraction of sp³-hybridized carbons (Fsp3) is 0.333. The molecule has 0 bridgehead atoms. The highest BCUT2D eigenvalue weighted by Crippen LogP contribution is 2.24. The molecule has 1 amide bonds. The molecule has 1 aromatic heterocycles. The first-order valence-electron chi connectivity index (χ1n) is 10.3.